The van der Waals surface area contributed by atoms with E-state index in [1.165, 1.54) is 0 Å². The number of thioether (sulfide) groups is 1. The van der Waals surface area contributed by atoms with E-state index in [1.54, 1.807) is 48.5 Å². The third kappa shape index (κ3) is 6.46. The lowest BCUT2D eigenvalue weighted by Crippen LogP contribution is -2.32. The van der Waals surface area contributed by atoms with Gasteiger partial charge in [-0.15, -0.1) is 0 Å². The van der Waals surface area contributed by atoms with Gasteiger partial charge in [0.15, 0.2) is 5.75 Å². The molecule has 35 heavy (non-hydrogen) atoms. The Balaban J connectivity index is 1.42. The zero-order valence-electron chi connectivity index (χ0n) is 18.0. The molecule has 1 aliphatic rings. The zero-order valence-corrected chi connectivity index (χ0v) is 21.8. The highest BCUT2D eigenvalue weighted by molar-refractivity contribution is 8.18. The summed E-state index contributed by atoms with van der Waals surface area (Å²) < 4.78 is 11.4. The number of rotatable bonds is 8. The average molecular weight is 569 g/mol. The lowest BCUT2D eigenvalue weighted by molar-refractivity contribution is -0.123. The monoisotopic (exact) mass is 567 g/mol. The van der Waals surface area contributed by atoms with E-state index in [9.17, 15) is 9.59 Å². The van der Waals surface area contributed by atoms with E-state index < -0.39 is 5.91 Å². The van der Waals surface area contributed by atoms with E-state index in [0.717, 1.165) is 22.2 Å². The van der Waals surface area contributed by atoms with Gasteiger partial charge < -0.3 is 9.47 Å². The molecule has 0 saturated carbocycles. The minimum Gasteiger partial charge on any atom is -0.492 e. The summed E-state index contributed by atoms with van der Waals surface area (Å²) in [6.45, 7) is 0.466. The van der Waals surface area contributed by atoms with Crippen LogP contribution in [0.2, 0.25) is 20.1 Å². The molecule has 0 aromatic heterocycles. The van der Waals surface area contributed by atoms with Gasteiger partial charge in [-0.2, -0.15) is 0 Å². The van der Waals surface area contributed by atoms with Crippen LogP contribution in [0, 0.1) is 0 Å². The lowest BCUT2D eigenvalue weighted by atomic mass is 10.2. The smallest absolute Gasteiger partial charge is 0.293 e. The number of halogens is 4. The van der Waals surface area contributed by atoms with Gasteiger partial charge in [-0.3, -0.25) is 14.5 Å². The van der Waals surface area contributed by atoms with E-state index in [-0.39, 0.29) is 45.7 Å². The second kappa shape index (κ2) is 11.6. The molecule has 1 fully saturated rings. The van der Waals surface area contributed by atoms with Crippen LogP contribution < -0.4 is 9.47 Å². The Morgan fingerprint density at radius 2 is 1.57 bits per heavy atom. The number of nitrogens with zero attached hydrogens (tertiary/aromatic N) is 1. The summed E-state index contributed by atoms with van der Waals surface area (Å²) in [7, 11) is 0. The number of carbonyl (C=O) groups excluding carboxylic acids is 2. The lowest BCUT2D eigenvalue weighted by Gasteiger charge is -2.13. The van der Waals surface area contributed by atoms with Crippen LogP contribution in [0.25, 0.3) is 6.08 Å². The Bertz CT molecular complexity index is 1280. The van der Waals surface area contributed by atoms with Crippen molar-refractivity contribution in [3.05, 3.63) is 96.8 Å². The molecule has 2 amide bonds. The highest BCUT2D eigenvalue weighted by atomic mass is 35.5. The third-order valence-electron chi connectivity index (χ3n) is 4.91. The predicted octanol–water partition coefficient (Wildman–Crippen LogP) is 7.99. The van der Waals surface area contributed by atoms with Gasteiger partial charge in [0.05, 0.1) is 21.5 Å². The number of carbonyl (C=O) groups is 2. The molecular weight excluding hydrogens is 552 g/mol. The maximum atomic E-state index is 12.8. The first kappa shape index (κ1) is 25.7. The number of ether oxygens (including phenoxy) is 2. The number of benzene rings is 3. The molecule has 0 aliphatic carbocycles. The van der Waals surface area contributed by atoms with Crippen molar-refractivity contribution in [1.82, 2.24) is 4.90 Å². The van der Waals surface area contributed by atoms with Crippen molar-refractivity contribution in [3.63, 3.8) is 0 Å². The Kier molecular flexibility index (Phi) is 8.52. The number of imide groups is 1. The number of hydrogen-bond donors (Lipinski definition) is 0. The standard InChI is InChI=1S/C25H17Cl4NO4S/c26-17-7-6-16(19(27)13-17)14-34-23-20(28)10-15(11-21(23)29)12-22-24(31)30(25(32)35-22)8-9-33-18-4-2-1-3-5-18/h1-7,10-13H,8-9,14H2/b22-12-. The first-order valence-electron chi connectivity index (χ1n) is 10.3. The van der Waals surface area contributed by atoms with Crippen LogP contribution in [-0.2, 0) is 11.4 Å². The van der Waals surface area contributed by atoms with Crippen LogP contribution in [0.4, 0.5) is 4.79 Å². The molecule has 3 aromatic rings. The first-order valence-corrected chi connectivity index (χ1v) is 12.6. The van der Waals surface area contributed by atoms with Crippen molar-refractivity contribution in [3.8, 4) is 11.5 Å². The predicted molar refractivity (Wildman–Crippen MR) is 142 cm³/mol. The Morgan fingerprint density at radius 3 is 2.26 bits per heavy atom. The fourth-order valence-electron chi connectivity index (χ4n) is 3.21. The minimum absolute atomic E-state index is 0.137. The summed E-state index contributed by atoms with van der Waals surface area (Å²) in [4.78, 5) is 26.5. The number of hydrogen-bond acceptors (Lipinski definition) is 5. The minimum atomic E-state index is -0.401. The fraction of sp³-hybridized carbons (Fsp3) is 0.120. The maximum Gasteiger partial charge on any atom is 0.293 e. The van der Waals surface area contributed by atoms with Crippen molar-refractivity contribution in [1.29, 1.82) is 0 Å². The molecule has 3 aromatic carbocycles. The highest BCUT2D eigenvalue weighted by Crippen LogP contribution is 2.38. The zero-order chi connectivity index (χ0) is 24.9. The van der Waals surface area contributed by atoms with Gasteiger partial charge in [0.25, 0.3) is 11.1 Å². The summed E-state index contributed by atoms with van der Waals surface area (Å²) >= 11 is 25.7. The van der Waals surface area contributed by atoms with Crippen LogP contribution in [0.1, 0.15) is 11.1 Å². The van der Waals surface area contributed by atoms with Crippen molar-refractivity contribution in [2.24, 2.45) is 0 Å². The Labute approximate surface area is 226 Å². The van der Waals surface area contributed by atoms with Gasteiger partial charge in [0.1, 0.15) is 19.0 Å². The second-order valence-electron chi connectivity index (χ2n) is 7.33. The third-order valence-corrected chi connectivity index (χ3v) is 6.96. The summed E-state index contributed by atoms with van der Waals surface area (Å²) in [5.74, 6) is 0.546. The van der Waals surface area contributed by atoms with Gasteiger partial charge in [0, 0.05) is 15.6 Å². The van der Waals surface area contributed by atoms with Crippen LogP contribution in [0.15, 0.2) is 65.6 Å². The summed E-state index contributed by atoms with van der Waals surface area (Å²) in [6, 6.07) is 17.5. The van der Waals surface area contributed by atoms with Crippen LogP contribution in [0.5, 0.6) is 11.5 Å². The molecule has 0 unspecified atom stereocenters. The molecular formula is C25H17Cl4NO4S. The van der Waals surface area contributed by atoms with Crippen LogP contribution in [-0.4, -0.2) is 29.2 Å². The van der Waals surface area contributed by atoms with E-state index in [1.807, 2.05) is 18.2 Å². The molecule has 0 atom stereocenters. The molecule has 1 saturated heterocycles. The van der Waals surface area contributed by atoms with Crippen molar-refractivity contribution in [2.45, 2.75) is 6.61 Å². The molecule has 180 valence electrons. The van der Waals surface area contributed by atoms with Crippen LogP contribution in [0.3, 0.4) is 0 Å². The van der Waals surface area contributed by atoms with Gasteiger partial charge in [0.2, 0.25) is 0 Å². The van der Waals surface area contributed by atoms with Crippen molar-refractivity contribution >= 4 is 75.4 Å². The topological polar surface area (TPSA) is 55.8 Å². The Morgan fingerprint density at radius 1 is 0.857 bits per heavy atom. The SMILES string of the molecule is O=C1S/C(=C\c2cc(Cl)c(OCc3ccc(Cl)cc3Cl)c(Cl)c2)C(=O)N1CCOc1ccccc1. The van der Waals surface area contributed by atoms with Gasteiger partial charge >= 0.3 is 0 Å². The summed E-state index contributed by atoms with van der Waals surface area (Å²) in [5, 5.41) is 1.13. The van der Waals surface area contributed by atoms with Gasteiger partial charge in [-0.25, -0.2) is 0 Å². The number of para-hydroxylation sites is 1. The van der Waals surface area contributed by atoms with E-state index >= 15 is 0 Å². The average Bonchev–Trinajstić information content (AvgIpc) is 3.07. The first-order chi connectivity index (χ1) is 16.8. The fourth-order valence-corrected chi connectivity index (χ4v) is 5.15. The largest absolute Gasteiger partial charge is 0.492 e. The molecule has 0 N–H and O–H groups in total. The number of amides is 2. The highest BCUT2D eigenvalue weighted by Gasteiger charge is 2.34. The molecule has 1 heterocycles. The second-order valence-corrected chi connectivity index (χ2v) is 9.98. The van der Waals surface area contributed by atoms with E-state index in [4.69, 9.17) is 55.9 Å². The molecule has 0 bridgehead atoms. The molecule has 10 heteroatoms. The maximum absolute atomic E-state index is 12.8. The quantitative estimate of drug-likeness (QED) is 0.258. The molecule has 0 spiro atoms. The Hall–Kier alpha value is -2.35. The summed E-state index contributed by atoms with van der Waals surface area (Å²) in [5.41, 5.74) is 1.28. The summed E-state index contributed by atoms with van der Waals surface area (Å²) in [6.07, 6.45) is 1.57. The van der Waals surface area contributed by atoms with E-state index in [0.29, 0.717) is 21.4 Å². The van der Waals surface area contributed by atoms with Crippen molar-refractivity contribution in [2.75, 3.05) is 13.2 Å². The normalized spacial score (nSPS) is 14.6. The molecule has 4 rings (SSSR count). The van der Waals surface area contributed by atoms with E-state index in [2.05, 4.69) is 0 Å². The molecule has 5 nitrogen and oxygen atoms in total. The van der Waals surface area contributed by atoms with Gasteiger partial charge in [-0.05, 0) is 59.8 Å². The van der Waals surface area contributed by atoms with Crippen LogP contribution >= 0.6 is 58.2 Å². The van der Waals surface area contributed by atoms with Gasteiger partial charge in [-0.1, -0.05) is 70.7 Å². The molecule has 0 radical (unpaired) electrons. The van der Waals surface area contributed by atoms with Crippen molar-refractivity contribution < 1.29 is 19.1 Å². The molecule has 1 aliphatic heterocycles.